The summed E-state index contributed by atoms with van der Waals surface area (Å²) in [6.07, 6.45) is -3.37. The number of alkyl halides is 1. The Morgan fingerprint density at radius 2 is 2.00 bits per heavy atom. The second kappa shape index (κ2) is 11.1. The average Bonchev–Trinajstić information content (AvgIpc) is 3.02. The molecule has 2 radical (unpaired) electrons. The third-order valence-electron chi connectivity index (χ3n) is 5.24. The highest BCUT2D eigenvalue weighted by atomic mass is 35.5. The van der Waals surface area contributed by atoms with Gasteiger partial charge in [0.2, 0.25) is 0 Å². The fourth-order valence-corrected chi connectivity index (χ4v) is 5.36. The third kappa shape index (κ3) is 6.70. The number of H-pyrrole nitrogens is 1. The largest absolute Gasteiger partial charge is 0.465 e. The Hall–Kier alpha value is -2.48. The topological polar surface area (TPSA) is 158 Å². The Labute approximate surface area is 217 Å². The highest BCUT2D eigenvalue weighted by Crippen LogP contribution is 2.48. The molecule has 0 amide bonds. The van der Waals surface area contributed by atoms with Crippen LogP contribution in [0.1, 0.15) is 27.0 Å². The number of rotatable bonds is 10. The molecule has 12 nitrogen and oxygen atoms in total. The summed E-state index contributed by atoms with van der Waals surface area (Å²) in [6, 6.07) is 5.52. The number of halogens is 2. The summed E-state index contributed by atoms with van der Waals surface area (Å²) in [6.45, 7) is 3.74. The van der Waals surface area contributed by atoms with Gasteiger partial charge in [0.05, 0.1) is 24.1 Å². The van der Waals surface area contributed by atoms with Crippen LogP contribution in [0.15, 0.2) is 46.1 Å². The van der Waals surface area contributed by atoms with E-state index in [1.54, 1.807) is 6.92 Å². The molecular weight excluding hydrogens is 534 g/mol. The van der Waals surface area contributed by atoms with E-state index in [0.29, 0.717) is 0 Å². The normalized spacial score (nSPS) is 25.4. The van der Waals surface area contributed by atoms with Crippen molar-refractivity contribution in [1.82, 2.24) is 14.6 Å². The van der Waals surface area contributed by atoms with Crippen LogP contribution in [0, 0.1) is 5.82 Å². The van der Waals surface area contributed by atoms with Gasteiger partial charge in [-0.15, -0.1) is 11.6 Å². The summed E-state index contributed by atoms with van der Waals surface area (Å²) in [4.78, 5) is 38.0. The number of carbonyl (C=O) groups excluding carboxylic acids is 1. The average molecular weight is 560 g/mol. The highest BCUT2D eigenvalue weighted by Gasteiger charge is 2.53. The number of aromatic amines is 1. The van der Waals surface area contributed by atoms with Gasteiger partial charge in [-0.05, 0) is 45.0 Å². The van der Waals surface area contributed by atoms with E-state index >= 15 is 0 Å². The molecule has 0 spiro atoms. The molecule has 3 N–H and O–H groups in total. The Bertz CT molecular complexity index is 1290. The number of hydrogen-bond donors (Lipinski definition) is 3. The van der Waals surface area contributed by atoms with Gasteiger partial charge < -0.3 is 19.1 Å². The van der Waals surface area contributed by atoms with E-state index in [0.717, 1.165) is 29.0 Å². The predicted molar refractivity (Wildman–Crippen MR) is 130 cm³/mol. The van der Waals surface area contributed by atoms with E-state index in [4.69, 9.17) is 38.0 Å². The summed E-state index contributed by atoms with van der Waals surface area (Å²) in [5.74, 6) is -1.40. The number of hydrogen-bond acceptors (Lipinski definition) is 9. The minimum absolute atomic E-state index is 0.0514. The molecule has 2 heterocycles. The summed E-state index contributed by atoms with van der Waals surface area (Å²) in [5, 5.41) is 13.2. The van der Waals surface area contributed by atoms with Crippen molar-refractivity contribution in [2.45, 2.75) is 49.5 Å². The van der Waals surface area contributed by atoms with Crippen molar-refractivity contribution in [3.05, 3.63) is 63.2 Å². The number of benzene rings is 1. The Morgan fingerprint density at radius 1 is 1.35 bits per heavy atom. The fraction of sp³-hybridized carbons (Fsp3) is 0.476. The second-order valence-electron chi connectivity index (χ2n) is 8.61. The number of nitrogens with zero attached hydrogens (tertiary/aromatic N) is 1. The van der Waals surface area contributed by atoms with Crippen molar-refractivity contribution in [1.29, 1.82) is 0 Å². The van der Waals surface area contributed by atoms with Crippen LogP contribution in [0.5, 0.6) is 5.75 Å². The van der Waals surface area contributed by atoms with Crippen LogP contribution in [0.3, 0.4) is 0 Å². The lowest BCUT2D eigenvalue weighted by Gasteiger charge is -2.30. The van der Waals surface area contributed by atoms with Crippen LogP contribution in [-0.2, 0) is 23.4 Å². The van der Waals surface area contributed by atoms with Crippen molar-refractivity contribution < 1.29 is 37.4 Å². The maximum Gasteiger partial charge on any atom is 0.459 e. The minimum atomic E-state index is -4.45. The monoisotopic (exact) mass is 559 g/mol. The molecule has 5 atom stereocenters. The van der Waals surface area contributed by atoms with Crippen LogP contribution < -0.4 is 20.9 Å². The molecule has 3 rings (SSSR count). The molecule has 0 unspecified atom stereocenters. The van der Waals surface area contributed by atoms with E-state index in [2.05, 4.69) is 5.09 Å². The summed E-state index contributed by atoms with van der Waals surface area (Å²) in [7, 11) is 1.57. The number of ether oxygens (including phenoxy) is 2. The van der Waals surface area contributed by atoms with Crippen LogP contribution in [0.2, 0.25) is 0 Å². The molecule has 1 saturated heterocycles. The molecule has 37 heavy (non-hydrogen) atoms. The van der Waals surface area contributed by atoms with Gasteiger partial charge in [0.1, 0.15) is 31.1 Å². The molecule has 1 fully saturated rings. The van der Waals surface area contributed by atoms with Crippen molar-refractivity contribution in [2.75, 3.05) is 13.2 Å². The zero-order valence-electron chi connectivity index (χ0n) is 20.1. The van der Waals surface area contributed by atoms with Gasteiger partial charge in [-0.3, -0.25) is 23.7 Å². The van der Waals surface area contributed by atoms with E-state index in [-0.39, 0.29) is 12.4 Å². The van der Waals surface area contributed by atoms with E-state index in [1.807, 2.05) is 4.98 Å². The molecule has 1 aromatic heterocycles. The number of aliphatic hydroxyl groups excluding tert-OH is 1. The van der Waals surface area contributed by atoms with E-state index in [1.165, 1.54) is 26.0 Å². The molecule has 1 aromatic carbocycles. The van der Waals surface area contributed by atoms with Gasteiger partial charge in [-0.2, -0.15) is 5.09 Å². The zero-order chi connectivity index (χ0) is 27.6. The molecule has 0 aliphatic carbocycles. The predicted octanol–water partition coefficient (Wildman–Crippen LogP) is 1.17. The first kappa shape index (κ1) is 29.1. The summed E-state index contributed by atoms with van der Waals surface area (Å²) in [5.41, 5.74) is -3.15. The fourth-order valence-electron chi connectivity index (χ4n) is 3.38. The van der Waals surface area contributed by atoms with Crippen molar-refractivity contribution in [3.8, 4) is 5.75 Å². The first-order valence-electron chi connectivity index (χ1n) is 11.0. The van der Waals surface area contributed by atoms with Crippen LogP contribution >= 0.6 is 19.3 Å². The first-order valence-corrected chi connectivity index (χ1v) is 12.9. The van der Waals surface area contributed by atoms with E-state index in [9.17, 15) is 28.4 Å². The van der Waals surface area contributed by atoms with Gasteiger partial charge in [0, 0.05) is 12.3 Å². The smallest absolute Gasteiger partial charge is 0.459 e. The second-order valence-corrected chi connectivity index (χ2v) is 10.9. The maximum absolute atomic E-state index is 13.7. The highest BCUT2D eigenvalue weighted by molar-refractivity contribution is 7.52. The van der Waals surface area contributed by atoms with Gasteiger partial charge in [0.25, 0.3) is 5.56 Å². The molecular formula is C21H25BClFN3O9P. The zero-order valence-corrected chi connectivity index (χ0v) is 21.7. The first-order chi connectivity index (χ1) is 17.2. The lowest BCUT2D eigenvalue weighted by molar-refractivity contribution is -0.149. The number of nitrogens with one attached hydrogen (secondary N) is 2. The standard InChI is InChI=1S/C21H25BClFN3O9P/c1-4-33-18(30)20(2,3)26-37(32,36-13-7-5-12(24)6-8-13)34-11-14-16(29)21(22,23)17(35-14)27-10-9-15(28)25-19(27)31/h5-10,14,16-17,29H,4,11H2,1-3H3,(H,26,32)(H,25,28,31)/t14-,16-,17-,21+,37-/m1/s1. The van der Waals surface area contributed by atoms with Gasteiger partial charge in [0.15, 0.2) is 6.23 Å². The van der Waals surface area contributed by atoms with Crippen molar-refractivity contribution in [3.63, 3.8) is 0 Å². The maximum atomic E-state index is 13.7. The van der Waals surface area contributed by atoms with Crippen molar-refractivity contribution >= 4 is 33.2 Å². The number of aliphatic hydroxyl groups is 1. The lowest BCUT2D eigenvalue weighted by Crippen LogP contribution is -2.47. The lowest BCUT2D eigenvalue weighted by atomic mass is 9.79. The van der Waals surface area contributed by atoms with Gasteiger partial charge in [-0.25, -0.2) is 13.8 Å². The van der Waals surface area contributed by atoms with Gasteiger partial charge in [-0.1, -0.05) is 0 Å². The SMILES string of the molecule is [B][C@]1(Cl)[C@H](O)[C@@H](CO[P@](=O)(NC(C)(C)C(=O)OCC)Oc2ccc(F)cc2)O[C@H]1n1ccc(=O)[nH]c1=O. The number of esters is 1. The van der Waals surface area contributed by atoms with Crippen LogP contribution in [0.25, 0.3) is 0 Å². The molecule has 1 aliphatic heterocycles. The molecule has 200 valence electrons. The third-order valence-corrected chi connectivity index (χ3v) is 7.42. The number of carbonyl (C=O) groups is 1. The van der Waals surface area contributed by atoms with Crippen molar-refractivity contribution in [2.24, 2.45) is 0 Å². The Balaban J connectivity index is 1.85. The molecule has 1 aliphatic rings. The molecule has 0 bridgehead atoms. The van der Waals surface area contributed by atoms with E-state index < -0.39 is 66.1 Å². The van der Waals surface area contributed by atoms with Crippen LogP contribution in [0.4, 0.5) is 4.39 Å². The summed E-state index contributed by atoms with van der Waals surface area (Å²) >= 11 is 6.29. The minimum Gasteiger partial charge on any atom is -0.465 e. The molecule has 16 heteroatoms. The van der Waals surface area contributed by atoms with Crippen LogP contribution in [-0.4, -0.2) is 64.2 Å². The summed E-state index contributed by atoms with van der Waals surface area (Å²) < 4.78 is 47.4. The Kier molecular flexibility index (Phi) is 8.73. The molecule has 0 saturated carbocycles. The number of aromatic nitrogens is 2. The quantitative estimate of drug-likeness (QED) is 0.167. The molecule has 2 aromatic rings. The van der Waals surface area contributed by atoms with Gasteiger partial charge >= 0.3 is 19.4 Å². The Morgan fingerprint density at radius 3 is 2.59 bits per heavy atom.